The van der Waals surface area contributed by atoms with Crippen molar-refractivity contribution in [2.75, 3.05) is 36.4 Å². The predicted molar refractivity (Wildman–Crippen MR) is 118 cm³/mol. The SMILES string of the molecule is CC(C)Nc1cccnc1N1CCN(Cc2cn[14cH]n2Cc2ccccc2)CC1. The number of benzene rings is 1. The van der Waals surface area contributed by atoms with Crippen molar-refractivity contribution < 1.29 is 0 Å². The summed E-state index contributed by atoms with van der Waals surface area (Å²) in [5.41, 5.74) is 3.69. The third kappa shape index (κ3) is 4.95. The van der Waals surface area contributed by atoms with Crippen LogP contribution in [0.2, 0.25) is 0 Å². The minimum absolute atomic E-state index is 0.393. The fourth-order valence-corrected chi connectivity index (χ4v) is 3.82. The Balaban J connectivity index is 1.36. The van der Waals surface area contributed by atoms with E-state index in [1.165, 1.54) is 11.3 Å². The summed E-state index contributed by atoms with van der Waals surface area (Å²) in [7, 11) is 0. The standard InChI is InChI=1S/C23H30N6/c1-19(2)26-22-9-6-10-25-23(22)28-13-11-27(12-14-28)17-21-15-24-18-29(21)16-20-7-4-3-5-8-20/h3-10,15,18-19,26H,11-14,16-17H2,1-2H3/i18+2. The third-order valence-electron chi connectivity index (χ3n) is 5.28. The minimum atomic E-state index is 0.393. The van der Waals surface area contributed by atoms with Gasteiger partial charge in [-0.2, -0.15) is 0 Å². The van der Waals surface area contributed by atoms with Crippen molar-refractivity contribution in [3.63, 3.8) is 0 Å². The number of hydrogen-bond acceptors (Lipinski definition) is 5. The molecule has 1 N–H and O–H groups in total. The molecule has 1 fully saturated rings. The summed E-state index contributed by atoms with van der Waals surface area (Å²) in [4.78, 5) is 13.9. The number of rotatable bonds is 7. The van der Waals surface area contributed by atoms with Gasteiger partial charge in [0.05, 0.1) is 17.7 Å². The van der Waals surface area contributed by atoms with Gasteiger partial charge in [0.25, 0.3) is 0 Å². The van der Waals surface area contributed by atoms with Crippen LogP contribution in [0, 0.1) is 0 Å². The zero-order chi connectivity index (χ0) is 20.1. The van der Waals surface area contributed by atoms with Gasteiger partial charge in [-0.25, -0.2) is 9.97 Å². The normalized spacial score (nSPS) is 15.1. The van der Waals surface area contributed by atoms with E-state index in [0.717, 1.165) is 50.8 Å². The fourth-order valence-electron chi connectivity index (χ4n) is 3.82. The van der Waals surface area contributed by atoms with E-state index in [0.29, 0.717) is 6.04 Å². The molecule has 2 aromatic heterocycles. The number of nitrogens with zero attached hydrogens (tertiary/aromatic N) is 5. The number of aromatic nitrogens is 3. The molecule has 152 valence electrons. The molecule has 3 heterocycles. The summed E-state index contributed by atoms with van der Waals surface area (Å²) in [5.74, 6) is 1.06. The van der Waals surface area contributed by atoms with Gasteiger partial charge in [-0.3, -0.25) is 4.90 Å². The average molecular weight is 393 g/mol. The van der Waals surface area contributed by atoms with Gasteiger partial charge in [0, 0.05) is 57.7 Å². The Labute approximate surface area is 173 Å². The molecule has 1 saturated heterocycles. The molecular weight excluding hydrogens is 362 g/mol. The van der Waals surface area contributed by atoms with E-state index < -0.39 is 0 Å². The largest absolute Gasteiger partial charge is 0.380 e. The maximum Gasteiger partial charge on any atom is 0.152 e. The van der Waals surface area contributed by atoms with Crippen LogP contribution in [0.15, 0.2) is 61.2 Å². The van der Waals surface area contributed by atoms with Crippen molar-refractivity contribution in [3.8, 4) is 0 Å². The van der Waals surface area contributed by atoms with Crippen LogP contribution in [0.4, 0.5) is 11.5 Å². The van der Waals surface area contributed by atoms with E-state index in [1.807, 2.05) is 24.8 Å². The molecule has 0 atom stereocenters. The molecule has 0 bridgehead atoms. The van der Waals surface area contributed by atoms with Crippen molar-refractivity contribution in [3.05, 3.63) is 72.4 Å². The summed E-state index contributed by atoms with van der Waals surface area (Å²) >= 11 is 0. The second-order valence-corrected chi connectivity index (χ2v) is 7.94. The van der Waals surface area contributed by atoms with Crippen LogP contribution < -0.4 is 10.2 Å². The lowest BCUT2D eigenvalue weighted by molar-refractivity contribution is 0.244. The Hall–Kier alpha value is -2.86. The average Bonchev–Trinajstić information content (AvgIpc) is 3.16. The van der Waals surface area contributed by atoms with Crippen molar-refractivity contribution >= 4 is 11.5 Å². The molecule has 3 aromatic rings. The van der Waals surface area contributed by atoms with Gasteiger partial charge in [0.2, 0.25) is 0 Å². The Morgan fingerprint density at radius 2 is 1.79 bits per heavy atom. The van der Waals surface area contributed by atoms with Crippen molar-refractivity contribution in [1.29, 1.82) is 0 Å². The third-order valence-corrected chi connectivity index (χ3v) is 5.28. The second kappa shape index (κ2) is 9.09. The van der Waals surface area contributed by atoms with Crippen molar-refractivity contribution in [2.24, 2.45) is 0 Å². The molecule has 29 heavy (non-hydrogen) atoms. The molecular formula is C23H30N6. The molecule has 0 radical (unpaired) electrons. The zero-order valence-electron chi connectivity index (χ0n) is 17.3. The second-order valence-electron chi connectivity index (χ2n) is 7.94. The van der Waals surface area contributed by atoms with Crippen LogP contribution in [0.5, 0.6) is 0 Å². The topological polar surface area (TPSA) is 49.2 Å². The van der Waals surface area contributed by atoms with Crippen LogP contribution in [0.1, 0.15) is 25.1 Å². The van der Waals surface area contributed by atoms with Crippen LogP contribution in [0.3, 0.4) is 0 Å². The summed E-state index contributed by atoms with van der Waals surface area (Å²) < 4.78 is 2.26. The molecule has 6 nitrogen and oxygen atoms in total. The van der Waals surface area contributed by atoms with Gasteiger partial charge in [-0.1, -0.05) is 30.3 Å². The summed E-state index contributed by atoms with van der Waals surface area (Å²) in [6, 6.07) is 15.1. The van der Waals surface area contributed by atoms with Gasteiger partial charge in [-0.15, -0.1) is 0 Å². The van der Waals surface area contributed by atoms with E-state index >= 15 is 0 Å². The lowest BCUT2D eigenvalue weighted by Gasteiger charge is -2.36. The number of imidazole rings is 1. The number of nitrogens with one attached hydrogen (secondary N) is 1. The van der Waals surface area contributed by atoms with Crippen LogP contribution in [-0.2, 0) is 13.1 Å². The van der Waals surface area contributed by atoms with Crippen molar-refractivity contribution in [2.45, 2.75) is 33.0 Å². The molecule has 0 saturated carbocycles. The molecule has 1 aliphatic rings. The molecule has 6 heteroatoms. The van der Waals surface area contributed by atoms with Gasteiger partial charge < -0.3 is 14.8 Å². The molecule has 0 spiro atoms. The molecule has 0 aliphatic carbocycles. The number of anilines is 2. The molecule has 0 amide bonds. The van der Waals surface area contributed by atoms with E-state index in [1.54, 1.807) is 0 Å². The lowest BCUT2D eigenvalue weighted by atomic mass is 10.2. The minimum Gasteiger partial charge on any atom is -0.380 e. The maximum absolute atomic E-state index is 4.65. The molecule has 0 unspecified atom stereocenters. The Morgan fingerprint density at radius 3 is 2.55 bits per heavy atom. The first-order valence-corrected chi connectivity index (χ1v) is 10.4. The first kappa shape index (κ1) is 19.5. The highest BCUT2D eigenvalue weighted by molar-refractivity contribution is 5.65. The Morgan fingerprint density at radius 1 is 1.00 bits per heavy atom. The highest BCUT2D eigenvalue weighted by Gasteiger charge is 2.21. The van der Waals surface area contributed by atoms with Gasteiger partial charge in [-0.05, 0) is 31.5 Å². The van der Waals surface area contributed by atoms with E-state index in [2.05, 4.69) is 79.9 Å². The summed E-state index contributed by atoms with van der Waals surface area (Å²) in [5, 5.41) is 3.52. The quantitative estimate of drug-likeness (QED) is 0.667. The highest BCUT2D eigenvalue weighted by atomic mass is 15.4. The Kier molecular flexibility index (Phi) is 6.10. The highest BCUT2D eigenvalue weighted by Crippen LogP contribution is 2.24. The predicted octanol–water partition coefficient (Wildman–Crippen LogP) is 3.47. The summed E-state index contributed by atoms with van der Waals surface area (Å²) in [6.07, 6.45) is 5.82. The maximum atomic E-state index is 4.65. The van der Waals surface area contributed by atoms with E-state index in [4.69, 9.17) is 0 Å². The number of hydrogen-bond donors (Lipinski definition) is 1. The number of pyridine rings is 1. The lowest BCUT2D eigenvalue weighted by Crippen LogP contribution is -2.46. The molecule has 1 aromatic carbocycles. The van der Waals surface area contributed by atoms with Gasteiger partial charge in [0.1, 0.15) is 0 Å². The van der Waals surface area contributed by atoms with Crippen LogP contribution in [0.25, 0.3) is 0 Å². The molecule has 4 rings (SSSR count). The first-order valence-electron chi connectivity index (χ1n) is 10.4. The molecule has 1 aliphatic heterocycles. The van der Waals surface area contributed by atoms with Gasteiger partial charge in [0.15, 0.2) is 5.82 Å². The Bertz CT molecular complexity index is 896. The van der Waals surface area contributed by atoms with Crippen molar-refractivity contribution in [1.82, 2.24) is 19.4 Å². The zero-order valence-corrected chi connectivity index (χ0v) is 17.3. The van der Waals surface area contributed by atoms with Gasteiger partial charge >= 0.3 is 0 Å². The summed E-state index contributed by atoms with van der Waals surface area (Å²) in [6.45, 7) is 10.1. The van der Waals surface area contributed by atoms with E-state index in [9.17, 15) is 0 Å². The fraction of sp³-hybridized carbons (Fsp3) is 0.391. The smallest absolute Gasteiger partial charge is 0.152 e. The monoisotopic (exact) mass is 392 g/mol. The first-order chi connectivity index (χ1) is 14.2. The van der Waals surface area contributed by atoms with Crippen LogP contribution >= 0.6 is 0 Å². The number of piperazine rings is 1. The van der Waals surface area contributed by atoms with Crippen LogP contribution in [-0.4, -0.2) is 51.7 Å². The van der Waals surface area contributed by atoms with E-state index in [-0.39, 0.29) is 0 Å².